The summed E-state index contributed by atoms with van der Waals surface area (Å²) in [5.74, 6) is -1.88. The number of allylic oxidation sites excluding steroid dienone is 4. The summed E-state index contributed by atoms with van der Waals surface area (Å²) in [6.45, 7) is 0. The lowest BCUT2D eigenvalue weighted by Gasteiger charge is -2.06. The lowest BCUT2D eigenvalue weighted by molar-refractivity contribution is -0.111. The highest BCUT2D eigenvalue weighted by Gasteiger charge is 2.19. The van der Waals surface area contributed by atoms with Crippen molar-refractivity contribution in [3.8, 4) is 0 Å². The van der Waals surface area contributed by atoms with E-state index in [4.69, 9.17) is 5.11 Å². The standard InChI is InChI=1S/C14H10O4/c15-12-7-2-1-6-11(12)13(16)9-4-3-5-10(8-9)14(17)18/h2-8H,1H2,(H,17,18). The van der Waals surface area contributed by atoms with Crippen LogP contribution in [-0.2, 0) is 4.79 Å². The Morgan fingerprint density at radius 1 is 1.17 bits per heavy atom. The second-order valence-electron chi connectivity index (χ2n) is 3.84. The minimum atomic E-state index is -1.10. The number of carbonyl (C=O) groups excluding carboxylic acids is 2. The zero-order valence-corrected chi connectivity index (χ0v) is 9.42. The number of rotatable bonds is 3. The van der Waals surface area contributed by atoms with Crippen molar-refractivity contribution in [1.29, 1.82) is 0 Å². The number of Topliss-reactive ketones (excluding diaryl/α,β-unsaturated/α-hetero) is 1. The fourth-order valence-electron chi connectivity index (χ4n) is 1.70. The number of hydrogen-bond acceptors (Lipinski definition) is 3. The summed E-state index contributed by atoms with van der Waals surface area (Å²) in [5.41, 5.74) is 0.338. The molecule has 4 heteroatoms. The van der Waals surface area contributed by atoms with E-state index in [-0.39, 0.29) is 22.5 Å². The molecule has 0 saturated carbocycles. The summed E-state index contributed by atoms with van der Waals surface area (Å²) in [5, 5.41) is 8.85. The van der Waals surface area contributed by atoms with Crippen molar-refractivity contribution < 1.29 is 19.5 Å². The Hall–Kier alpha value is -2.49. The Kier molecular flexibility index (Phi) is 3.19. The third-order valence-corrected chi connectivity index (χ3v) is 2.61. The Morgan fingerprint density at radius 3 is 2.56 bits per heavy atom. The van der Waals surface area contributed by atoms with Gasteiger partial charge in [0.25, 0.3) is 0 Å². The first-order chi connectivity index (χ1) is 8.59. The van der Waals surface area contributed by atoms with Gasteiger partial charge in [0.05, 0.1) is 11.1 Å². The number of carboxylic acids is 1. The number of hydrogen-bond donors (Lipinski definition) is 1. The van der Waals surface area contributed by atoms with Gasteiger partial charge in [0.15, 0.2) is 11.6 Å². The van der Waals surface area contributed by atoms with Crippen LogP contribution in [-0.4, -0.2) is 22.6 Å². The van der Waals surface area contributed by atoms with E-state index in [1.165, 1.54) is 30.3 Å². The van der Waals surface area contributed by atoms with Gasteiger partial charge < -0.3 is 5.11 Å². The first kappa shape index (κ1) is 12.0. The molecule has 0 bridgehead atoms. The summed E-state index contributed by atoms with van der Waals surface area (Å²) < 4.78 is 0. The number of ketones is 2. The molecule has 90 valence electrons. The van der Waals surface area contributed by atoms with Gasteiger partial charge in [0.1, 0.15) is 0 Å². The first-order valence-corrected chi connectivity index (χ1v) is 5.38. The number of aromatic carboxylic acids is 1. The molecule has 18 heavy (non-hydrogen) atoms. The second kappa shape index (κ2) is 4.79. The topological polar surface area (TPSA) is 71.4 Å². The average molecular weight is 242 g/mol. The highest BCUT2D eigenvalue weighted by Crippen LogP contribution is 2.15. The predicted octanol–water partition coefficient (Wildman–Crippen LogP) is 2.02. The van der Waals surface area contributed by atoms with Crippen molar-refractivity contribution in [2.24, 2.45) is 0 Å². The van der Waals surface area contributed by atoms with Gasteiger partial charge in [-0.05, 0) is 24.6 Å². The van der Waals surface area contributed by atoms with Crippen molar-refractivity contribution in [2.45, 2.75) is 6.42 Å². The normalized spacial score (nSPS) is 14.2. The molecule has 2 rings (SSSR count). The third-order valence-electron chi connectivity index (χ3n) is 2.61. The largest absolute Gasteiger partial charge is 0.478 e. The molecule has 0 amide bonds. The van der Waals surface area contributed by atoms with Crippen molar-refractivity contribution >= 4 is 17.5 Å². The fraction of sp³-hybridized carbons (Fsp3) is 0.0714. The summed E-state index contributed by atoms with van der Waals surface area (Å²) in [6, 6.07) is 5.66. The maximum absolute atomic E-state index is 12.1. The van der Waals surface area contributed by atoms with Crippen molar-refractivity contribution in [1.82, 2.24) is 0 Å². The molecule has 0 aromatic heterocycles. The van der Waals surface area contributed by atoms with E-state index in [9.17, 15) is 14.4 Å². The molecule has 0 aliphatic heterocycles. The number of carbonyl (C=O) groups is 3. The van der Waals surface area contributed by atoms with E-state index in [0.29, 0.717) is 6.42 Å². The molecule has 0 saturated heterocycles. The van der Waals surface area contributed by atoms with Gasteiger partial charge in [-0.15, -0.1) is 0 Å². The lowest BCUT2D eigenvalue weighted by atomic mass is 9.95. The number of carboxylic acid groups (broad SMARTS) is 1. The minimum absolute atomic E-state index is 0.0280. The molecule has 1 aromatic carbocycles. The first-order valence-electron chi connectivity index (χ1n) is 5.38. The van der Waals surface area contributed by atoms with E-state index < -0.39 is 11.8 Å². The molecule has 1 aromatic rings. The predicted molar refractivity (Wildman–Crippen MR) is 64.6 cm³/mol. The Balaban J connectivity index is 2.35. The molecule has 1 aliphatic rings. The molecule has 4 nitrogen and oxygen atoms in total. The molecule has 0 radical (unpaired) electrons. The van der Waals surface area contributed by atoms with Crippen LogP contribution in [0.2, 0.25) is 0 Å². The second-order valence-corrected chi connectivity index (χ2v) is 3.84. The van der Waals surface area contributed by atoms with Crippen LogP contribution in [0.5, 0.6) is 0 Å². The van der Waals surface area contributed by atoms with E-state index in [1.54, 1.807) is 12.2 Å². The highest BCUT2D eigenvalue weighted by atomic mass is 16.4. The Bertz CT molecular complexity index is 594. The van der Waals surface area contributed by atoms with Crippen LogP contribution in [0.1, 0.15) is 27.1 Å². The summed E-state index contributed by atoms with van der Waals surface area (Å²) >= 11 is 0. The van der Waals surface area contributed by atoms with Gasteiger partial charge in [0, 0.05) is 5.56 Å². The van der Waals surface area contributed by atoms with E-state index >= 15 is 0 Å². The molecule has 1 aliphatic carbocycles. The maximum Gasteiger partial charge on any atom is 0.335 e. The monoisotopic (exact) mass is 242 g/mol. The zero-order valence-electron chi connectivity index (χ0n) is 9.42. The maximum atomic E-state index is 12.1. The van der Waals surface area contributed by atoms with Crippen LogP contribution in [0.4, 0.5) is 0 Å². The molecule has 0 unspecified atom stereocenters. The third kappa shape index (κ3) is 2.27. The van der Waals surface area contributed by atoms with Crippen molar-refractivity contribution in [3.05, 3.63) is 59.2 Å². The Morgan fingerprint density at radius 2 is 1.89 bits per heavy atom. The van der Waals surface area contributed by atoms with Crippen LogP contribution < -0.4 is 0 Å². The van der Waals surface area contributed by atoms with Gasteiger partial charge >= 0.3 is 5.97 Å². The fourth-order valence-corrected chi connectivity index (χ4v) is 1.70. The summed E-state index contributed by atoms with van der Waals surface area (Å²) in [7, 11) is 0. The molecule has 1 N–H and O–H groups in total. The van der Waals surface area contributed by atoms with E-state index in [0.717, 1.165) is 0 Å². The van der Waals surface area contributed by atoms with Crippen LogP contribution >= 0.6 is 0 Å². The Labute approximate surface area is 103 Å². The molecule has 0 heterocycles. The molecule has 0 fully saturated rings. The molecule has 0 atom stereocenters. The highest BCUT2D eigenvalue weighted by molar-refractivity contribution is 6.29. The quantitative estimate of drug-likeness (QED) is 0.650. The summed E-state index contributed by atoms with van der Waals surface area (Å²) in [6.07, 6.45) is 5.12. The molecular weight excluding hydrogens is 232 g/mol. The van der Waals surface area contributed by atoms with E-state index in [2.05, 4.69) is 0 Å². The van der Waals surface area contributed by atoms with Gasteiger partial charge in [0.2, 0.25) is 0 Å². The average Bonchev–Trinajstić information content (AvgIpc) is 2.38. The van der Waals surface area contributed by atoms with Crippen LogP contribution in [0, 0.1) is 0 Å². The van der Waals surface area contributed by atoms with Gasteiger partial charge in [-0.1, -0.05) is 24.3 Å². The van der Waals surface area contributed by atoms with Crippen molar-refractivity contribution in [3.63, 3.8) is 0 Å². The van der Waals surface area contributed by atoms with Crippen LogP contribution in [0.3, 0.4) is 0 Å². The van der Waals surface area contributed by atoms with Gasteiger partial charge in [-0.3, -0.25) is 9.59 Å². The van der Waals surface area contributed by atoms with Crippen LogP contribution in [0.25, 0.3) is 0 Å². The number of benzene rings is 1. The smallest absolute Gasteiger partial charge is 0.335 e. The molecular formula is C14H10O4. The molecule has 0 spiro atoms. The van der Waals surface area contributed by atoms with E-state index in [1.807, 2.05) is 0 Å². The summed E-state index contributed by atoms with van der Waals surface area (Å²) in [4.78, 5) is 34.4. The zero-order chi connectivity index (χ0) is 13.1. The van der Waals surface area contributed by atoms with Gasteiger partial charge in [-0.2, -0.15) is 0 Å². The SMILES string of the molecule is O=C1C=CCC=C1C(=O)c1cccc(C(=O)O)c1. The van der Waals surface area contributed by atoms with Crippen molar-refractivity contribution in [2.75, 3.05) is 0 Å². The lowest BCUT2D eigenvalue weighted by Crippen LogP contribution is -2.14. The van der Waals surface area contributed by atoms with Gasteiger partial charge in [-0.25, -0.2) is 4.79 Å². The van der Waals surface area contributed by atoms with Crippen LogP contribution in [0.15, 0.2) is 48.1 Å². The minimum Gasteiger partial charge on any atom is -0.478 e.